The van der Waals surface area contributed by atoms with Crippen molar-refractivity contribution in [1.29, 1.82) is 0 Å². The van der Waals surface area contributed by atoms with E-state index >= 15 is 0 Å². The van der Waals surface area contributed by atoms with Crippen molar-refractivity contribution >= 4 is 17.0 Å². The zero-order valence-corrected chi connectivity index (χ0v) is 12.4. The number of fused-ring (bicyclic) bond motifs is 1. The zero-order chi connectivity index (χ0) is 14.7. The Kier molecular flexibility index (Phi) is 3.90. The molecule has 0 unspecified atom stereocenters. The third kappa shape index (κ3) is 2.52. The molecule has 1 fully saturated rings. The van der Waals surface area contributed by atoms with E-state index in [-0.39, 0.29) is 5.97 Å². The van der Waals surface area contributed by atoms with E-state index in [1.807, 2.05) is 13.0 Å². The van der Waals surface area contributed by atoms with Crippen LogP contribution in [0.15, 0.2) is 18.5 Å². The van der Waals surface area contributed by atoms with E-state index in [2.05, 4.69) is 15.0 Å². The predicted octanol–water partition coefficient (Wildman–Crippen LogP) is 3.11. The number of nitrogens with one attached hydrogen (secondary N) is 1. The van der Waals surface area contributed by atoms with Gasteiger partial charge in [0.15, 0.2) is 0 Å². The quantitative estimate of drug-likeness (QED) is 0.695. The summed E-state index contributed by atoms with van der Waals surface area (Å²) in [6, 6.07) is 1.87. The van der Waals surface area contributed by atoms with Crippen molar-refractivity contribution < 1.29 is 9.53 Å². The second-order valence-electron chi connectivity index (χ2n) is 5.70. The number of pyridine rings is 1. The molecule has 0 radical (unpaired) electrons. The molecule has 0 aromatic carbocycles. The van der Waals surface area contributed by atoms with Crippen LogP contribution in [0.2, 0.25) is 0 Å². The van der Waals surface area contributed by atoms with Gasteiger partial charge in [-0.3, -0.25) is 9.78 Å². The lowest BCUT2D eigenvalue weighted by Crippen LogP contribution is -2.38. The lowest BCUT2D eigenvalue weighted by Gasteiger charge is -2.28. The minimum absolute atomic E-state index is 0.140. The van der Waals surface area contributed by atoms with Crippen molar-refractivity contribution in [2.75, 3.05) is 6.61 Å². The summed E-state index contributed by atoms with van der Waals surface area (Å²) in [4.78, 5) is 24.7. The van der Waals surface area contributed by atoms with Crippen LogP contribution in [0.25, 0.3) is 11.0 Å². The first-order valence-electron chi connectivity index (χ1n) is 7.74. The molecule has 0 bridgehead atoms. The van der Waals surface area contributed by atoms with Crippen LogP contribution >= 0.6 is 0 Å². The molecule has 1 saturated carbocycles. The largest absolute Gasteiger partial charge is 0.465 e. The van der Waals surface area contributed by atoms with Crippen molar-refractivity contribution in [1.82, 2.24) is 15.0 Å². The minimum atomic E-state index is -0.620. The number of hydrogen-bond donors (Lipinski definition) is 1. The van der Waals surface area contributed by atoms with Crippen LogP contribution in [0.4, 0.5) is 0 Å². The molecular formula is C16H21N3O2. The highest BCUT2D eigenvalue weighted by Gasteiger charge is 2.44. The van der Waals surface area contributed by atoms with Crippen LogP contribution in [0.5, 0.6) is 0 Å². The summed E-state index contributed by atoms with van der Waals surface area (Å²) in [5.41, 5.74) is 1.11. The van der Waals surface area contributed by atoms with Gasteiger partial charge in [0.1, 0.15) is 11.2 Å². The van der Waals surface area contributed by atoms with E-state index in [1.165, 1.54) is 12.8 Å². The Labute approximate surface area is 124 Å². The molecule has 2 aromatic rings. The summed E-state index contributed by atoms with van der Waals surface area (Å²) >= 11 is 0. The van der Waals surface area contributed by atoms with Gasteiger partial charge in [-0.1, -0.05) is 25.7 Å². The number of ether oxygens (including phenoxy) is 1. The van der Waals surface area contributed by atoms with Crippen molar-refractivity contribution in [3.8, 4) is 0 Å². The highest BCUT2D eigenvalue weighted by molar-refractivity contribution is 5.84. The second kappa shape index (κ2) is 5.84. The van der Waals surface area contributed by atoms with Crippen LogP contribution in [0, 0.1) is 0 Å². The van der Waals surface area contributed by atoms with Gasteiger partial charge in [-0.15, -0.1) is 0 Å². The van der Waals surface area contributed by atoms with Crippen LogP contribution < -0.4 is 0 Å². The van der Waals surface area contributed by atoms with E-state index in [0.29, 0.717) is 6.61 Å². The molecule has 1 N–H and O–H groups in total. The van der Waals surface area contributed by atoms with Gasteiger partial charge < -0.3 is 9.72 Å². The SMILES string of the molecule is CCOC(=O)C1(c2nc3ccncc3[nH]2)CCCCCC1. The summed E-state index contributed by atoms with van der Waals surface area (Å²) in [7, 11) is 0. The van der Waals surface area contributed by atoms with Crippen LogP contribution in [-0.4, -0.2) is 27.5 Å². The number of nitrogens with zero attached hydrogens (tertiary/aromatic N) is 2. The summed E-state index contributed by atoms with van der Waals surface area (Å²) in [5, 5.41) is 0. The topological polar surface area (TPSA) is 67.9 Å². The molecule has 1 aliphatic carbocycles. The molecule has 0 atom stereocenters. The number of H-pyrrole nitrogens is 1. The number of esters is 1. The van der Waals surface area contributed by atoms with Gasteiger partial charge in [-0.2, -0.15) is 0 Å². The molecule has 0 saturated heterocycles. The maximum Gasteiger partial charge on any atom is 0.319 e. The molecule has 5 heteroatoms. The lowest BCUT2D eigenvalue weighted by molar-refractivity contribution is -0.151. The van der Waals surface area contributed by atoms with Gasteiger partial charge in [-0.05, 0) is 25.8 Å². The normalized spacial score (nSPS) is 18.3. The number of carbonyl (C=O) groups excluding carboxylic acids is 1. The average molecular weight is 287 g/mol. The van der Waals surface area contributed by atoms with Gasteiger partial charge in [0.25, 0.3) is 0 Å². The number of carbonyl (C=O) groups is 1. The summed E-state index contributed by atoms with van der Waals surface area (Å²) < 4.78 is 5.38. The van der Waals surface area contributed by atoms with Gasteiger partial charge in [0, 0.05) is 6.20 Å². The number of aromatic nitrogens is 3. The van der Waals surface area contributed by atoms with Gasteiger partial charge >= 0.3 is 5.97 Å². The molecule has 1 aliphatic rings. The Morgan fingerprint density at radius 1 is 1.33 bits per heavy atom. The van der Waals surface area contributed by atoms with Gasteiger partial charge in [0.05, 0.1) is 23.8 Å². The first-order chi connectivity index (χ1) is 10.3. The van der Waals surface area contributed by atoms with Gasteiger partial charge in [0.2, 0.25) is 0 Å². The Balaban J connectivity index is 2.06. The molecule has 3 rings (SSSR count). The van der Waals surface area contributed by atoms with Crippen molar-refractivity contribution in [2.45, 2.75) is 50.9 Å². The number of imidazole rings is 1. The maximum atomic E-state index is 12.7. The summed E-state index contributed by atoms with van der Waals surface area (Å²) in [5.74, 6) is 0.602. The van der Waals surface area contributed by atoms with Crippen LogP contribution in [-0.2, 0) is 14.9 Å². The minimum Gasteiger partial charge on any atom is -0.465 e. The molecule has 0 spiro atoms. The van der Waals surface area contributed by atoms with Crippen molar-refractivity contribution in [2.24, 2.45) is 0 Å². The highest BCUT2D eigenvalue weighted by atomic mass is 16.5. The van der Waals surface area contributed by atoms with Crippen LogP contribution in [0.1, 0.15) is 51.3 Å². The second-order valence-corrected chi connectivity index (χ2v) is 5.70. The van der Waals surface area contributed by atoms with E-state index in [9.17, 15) is 4.79 Å². The van der Waals surface area contributed by atoms with Crippen molar-refractivity contribution in [3.05, 3.63) is 24.3 Å². The monoisotopic (exact) mass is 287 g/mol. The van der Waals surface area contributed by atoms with Gasteiger partial charge in [-0.25, -0.2) is 4.98 Å². The maximum absolute atomic E-state index is 12.7. The zero-order valence-electron chi connectivity index (χ0n) is 12.4. The van der Waals surface area contributed by atoms with E-state index < -0.39 is 5.41 Å². The third-order valence-corrected chi connectivity index (χ3v) is 4.36. The molecule has 0 aliphatic heterocycles. The summed E-state index contributed by atoms with van der Waals surface area (Å²) in [6.45, 7) is 2.26. The first kappa shape index (κ1) is 14.0. The molecule has 5 nitrogen and oxygen atoms in total. The fourth-order valence-corrected chi connectivity index (χ4v) is 3.22. The Hall–Kier alpha value is -1.91. The molecular weight excluding hydrogens is 266 g/mol. The predicted molar refractivity (Wildman–Crippen MR) is 79.9 cm³/mol. The molecule has 0 amide bonds. The number of aromatic amines is 1. The molecule has 2 heterocycles. The smallest absolute Gasteiger partial charge is 0.319 e. The molecule has 112 valence electrons. The Morgan fingerprint density at radius 2 is 2.10 bits per heavy atom. The molecule has 21 heavy (non-hydrogen) atoms. The lowest BCUT2D eigenvalue weighted by atomic mass is 9.79. The number of hydrogen-bond acceptors (Lipinski definition) is 4. The highest BCUT2D eigenvalue weighted by Crippen LogP contribution is 2.38. The standard InChI is InChI=1S/C16H21N3O2/c1-2-21-15(20)16(8-5-3-4-6-9-16)14-18-12-7-10-17-11-13(12)19-14/h7,10-11H,2-6,8-9H2,1H3,(H,18,19). The van der Waals surface area contributed by atoms with E-state index in [4.69, 9.17) is 4.74 Å². The fourth-order valence-electron chi connectivity index (χ4n) is 3.22. The Morgan fingerprint density at radius 3 is 2.76 bits per heavy atom. The fraction of sp³-hybridized carbons (Fsp3) is 0.562. The van der Waals surface area contributed by atoms with Crippen molar-refractivity contribution in [3.63, 3.8) is 0 Å². The third-order valence-electron chi connectivity index (χ3n) is 4.36. The Bertz CT molecular complexity index is 594. The number of rotatable bonds is 3. The van der Waals surface area contributed by atoms with Crippen LogP contribution in [0.3, 0.4) is 0 Å². The van der Waals surface area contributed by atoms with E-state index in [0.717, 1.165) is 42.5 Å². The van der Waals surface area contributed by atoms with E-state index in [1.54, 1.807) is 12.4 Å². The summed E-state index contributed by atoms with van der Waals surface area (Å²) in [6.07, 6.45) is 9.49. The molecule has 2 aromatic heterocycles. The average Bonchev–Trinajstić information content (AvgIpc) is 2.77. The first-order valence-corrected chi connectivity index (χ1v) is 7.74.